The maximum Gasteiger partial charge on any atom is 0.305 e. The zero-order valence-corrected chi connectivity index (χ0v) is 80.0. The molecule has 0 spiro atoms. The molecule has 0 aromatic carbocycles. The van der Waals surface area contributed by atoms with Gasteiger partial charge in [-0.3, -0.25) is 106 Å². The van der Waals surface area contributed by atoms with E-state index < -0.39 is 315 Å². The van der Waals surface area contributed by atoms with E-state index in [-0.39, 0.29) is 95.3 Å². The summed E-state index contributed by atoms with van der Waals surface area (Å²) in [6, 6.07) is -19.2. The number of rotatable bonds is 38. The summed E-state index contributed by atoms with van der Waals surface area (Å²) in [5.74, 6) is -28.3. The van der Waals surface area contributed by atoms with Gasteiger partial charge in [0.05, 0.1) is 41.0 Å². The number of amides is 16. The van der Waals surface area contributed by atoms with E-state index in [9.17, 15) is 102 Å². The minimum absolute atomic E-state index is 0.0137. The molecule has 46 nitrogen and oxygen atoms in total. The molecule has 135 heavy (non-hydrogen) atoms. The number of aromatic nitrogens is 3. The van der Waals surface area contributed by atoms with Crippen LogP contribution in [0.5, 0.6) is 0 Å². The highest BCUT2D eigenvalue weighted by atomic mass is 32.2. The molecule has 1 fully saturated rings. The van der Waals surface area contributed by atoms with Crippen LogP contribution in [0.4, 0.5) is 0 Å². The molecule has 49 heteroatoms. The van der Waals surface area contributed by atoms with Crippen molar-refractivity contribution in [3.63, 3.8) is 0 Å². The van der Waals surface area contributed by atoms with Crippen LogP contribution in [0.1, 0.15) is 196 Å². The van der Waals surface area contributed by atoms with Crippen molar-refractivity contribution in [1.29, 1.82) is 5.41 Å². The highest BCUT2D eigenvalue weighted by Crippen LogP contribution is 2.35. The Morgan fingerprint density at radius 3 is 1.86 bits per heavy atom. The lowest BCUT2D eigenvalue weighted by Crippen LogP contribution is -2.61. The van der Waals surface area contributed by atoms with E-state index >= 15 is 14.4 Å². The monoisotopic (exact) mass is 1950 g/mol. The molecule has 16 amide bonds. The maximum atomic E-state index is 15.4. The summed E-state index contributed by atoms with van der Waals surface area (Å²) in [5.41, 5.74) is 22.8. The molecule has 0 saturated carbocycles. The molecule has 26 N–H and O–H groups in total. The number of nitrogens with zero attached hydrogens (tertiary/aromatic N) is 3. The molecule has 3 aromatic heterocycles. The van der Waals surface area contributed by atoms with Crippen LogP contribution >= 0.6 is 34.9 Å². The van der Waals surface area contributed by atoms with Crippen LogP contribution in [-0.2, 0) is 114 Å². The van der Waals surface area contributed by atoms with E-state index in [2.05, 4.69) is 79.1 Å². The molecular formula is C86H132N22O24S3. The van der Waals surface area contributed by atoms with Crippen molar-refractivity contribution < 1.29 is 116 Å². The number of carboxylic acid groups (broad SMARTS) is 3. The second kappa shape index (κ2) is 56.1. The van der Waals surface area contributed by atoms with Gasteiger partial charge < -0.3 is 122 Å². The van der Waals surface area contributed by atoms with Gasteiger partial charge >= 0.3 is 17.9 Å². The van der Waals surface area contributed by atoms with E-state index in [0.29, 0.717) is 16.2 Å². The number of aliphatic carboxylic acids is 3. The van der Waals surface area contributed by atoms with Gasteiger partial charge in [0.2, 0.25) is 94.5 Å². The van der Waals surface area contributed by atoms with Gasteiger partial charge in [0.15, 0.2) is 17.5 Å². The molecule has 2 aliphatic heterocycles. The molecular weight excluding hydrogens is 1820 g/mol. The first-order valence-corrected chi connectivity index (χ1v) is 48.1. The number of carboxylic acids is 3. The van der Waals surface area contributed by atoms with E-state index in [1.807, 2.05) is 4.57 Å². The van der Waals surface area contributed by atoms with Crippen molar-refractivity contribution in [2.75, 3.05) is 30.9 Å². The minimum Gasteiger partial charge on any atom is -0.481 e. The Kier molecular flexibility index (Phi) is 47.1. The zero-order valence-electron chi connectivity index (χ0n) is 77.5. The number of nitrogens with two attached hydrogens (primary N) is 4. The number of ketones is 2. The molecule has 0 bridgehead atoms. The van der Waals surface area contributed by atoms with Crippen LogP contribution in [0.3, 0.4) is 0 Å². The highest BCUT2D eigenvalue weighted by Gasteiger charge is 2.44. The number of primary amides is 3. The summed E-state index contributed by atoms with van der Waals surface area (Å²) in [6.07, 6.45) is -1.75. The Morgan fingerprint density at radius 2 is 1.26 bits per heavy atom. The molecule has 5 heterocycles. The number of thiophene rings is 1. The predicted molar refractivity (Wildman–Crippen MR) is 495 cm³/mol. The third kappa shape index (κ3) is 37.8. The Hall–Kier alpha value is -12.3. The number of H-pyrrole nitrogens is 1. The van der Waals surface area contributed by atoms with E-state index in [1.165, 1.54) is 42.5 Å². The molecule has 2 aliphatic rings. The van der Waals surface area contributed by atoms with Crippen molar-refractivity contribution in [1.82, 2.24) is 88.6 Å². The first-order valence-electron chi connectivity index (χ1n) is 44.8. The molecule has 5 rings (SSSR count). The Bertz CT molecular complexity index is 4700. The number of guanidine groups is 1. The molecule has 1 unspecified atom stereocenters. The Balaban J connectivity index is 1.69. The number of fused-ring (bicyclic) bond motifs is 4. The number of Topliss-reactive ketones (excluding diaryl/α,β-unsaturated/α-hetero) is 2. The van der Waals surface area contributed by atoms with Crippen molar-refractivity contribution >= 4 is 175 Å². The smallest absolute Gasteiger partial charge is 0.305 e. The van der Waals surface area contributed by atoms with Gasteiger partial charge in [-0.2, -0.15) is 11.8 Å². The van der Waals surface area contributed by atoms with Gasteiger partial charge in [-0.1, -0.05) is 61.8 Å². The lowest BCUT2D eigenvalue weighted by molar-refractivity contribution is -0.144. The fourth-order valence-electron chi connectivity index (χ4n) is 15.3. The van der Waals surface area contributed by atoms with Gasteiger partial charge in [-0.15, -0.1) is 23.1 Å². The van der Waals surface area contributed by atoms with Crippen molar-refractivity contribution in [2.45, 2.75) is 287 Å². The molecule has 16 atom stereocenters. The molecule has 3 aromatic rings. The van der Waals surface area contributed by atoms with Crippen LogP contribution in [0.25, 0.3) is 10.1 Å². The fourth-order valence-corrected chi connectivity index (χ4v) is 17.9. The van der Waals surface area contributed by atoms with Crippen molar-refractivity contribution in [2.24, 2.45) is 58.4 Å². The van der Waals surface area contributed by atoms with Gasteiger partial charge in [-0.25, -0.2) is 4.98 Å². The summed E-state index contributed by atoms with van der Waals surface area (Å²) in [7, 11) is 0. The van der Waals surface area contributed by atoms with Crippen molar-refractivity contribution in [3.8, 4) is 0 Å². The number of aryl methyl sites for hydroxylation is 1. The quantitative estimate of drug-likeness (QED) is 0.0171. The lowest BCUT2D eigenvalue weighted by atomic mass is 9.86. The van der Waals surface area contributed by atoms with Crippen LogP contribution < -0.4 is 92.1 Å². The summed E-state index contributed by atoms with van der Waals surface area (Å²) in [4.78, 5) is 303. The summed E-state index contributed by atoms with van der Waals surface area (Å²) in [6.45, 7) is 13.8. The number of carbonyl (C=O) groups excluding carboxylic acids is 18. The minimum atomic E-state index is -2.03. The standard InChI is InChI=1S/C86H132N22O24S3/c1-11-45(8)71-83(131)103-57(32-42(2)3)79(127)102-58(37-69(118)119)80(128)101-56(34-48-38-92-41-94-48)63(111)35-50(43(4)5)74(122)97-52(75(123)99-54(20-22-65(87)112)76(124)98-53(17-14-27-93-86(90)91)77(125)105-70(44(6)7)82(130)96-51(72(89)120)26-30-133-10)16-12-13-28-107-39-64-49(25-31-134-64)85(107)135-40-60(95-46(9)109)62(110)33-47(19-23-67(114)115)73(121)104-59(36-66(88)113)84(132)108-29-15-18-61(108)81(129)100-55(78(126)106-71)21-24-68(116)117/h25,31,38-39,41-45,47,50-61,70-71H,11-24,26-30,32-37,40H2,1-10H3,(H2,87,112)(H2,88,113)(H2,89,120)(H,92,94)(H,95,109)(H,96,130)(H,97,122)(H,98,124)(H,99,123)(H,100,129)(H,101,128)(H,102,127)(H,103,131)(H,104,121)(H,105,125)(H,106,126)(H,114,115)(H,116,117)(H,118,119)(H4,90,91,93)/t45-,47+,50-,51-,52-,53?,54-,55-,56-,57-,58-,59-,60-,61-,70-,71-/m0/s1. The van der Waals surface area contributed by atoms with E-state index in [4.69, 9.17) is 28.3 Å². The van der Waals surface area contributed by atoms with E-state index in [1.54, 1.807) is 72.4 Å². The van der Waals surface area contributed by atoms with Crippen LogP contribution in [-0.4, -0.2) is 274 Å². The van der Waals surface area contributed by atoms with Crippen LogP contribution in [0, 0.1) is 40.9 Å². The number of aromatic amines is 1. The van der Waals surface area contributed by atoms with Gasteiger partial charge in [0.25, 0.3) is 0 Å². The third-order valence-corrected chi connectivity index (χ3v) is 25.6. The molecule has 1 saturated heterocycles. The van der Waals surface area contributed by atoms with Crippen LogP contribution in [0.2, 0.25) is 0 Å². The zero-order chi connectivity index (χ0) is 101. The normalized spacial score (nSPS) is 22.4. The fraction of sp³-hybridized carbons (Fsp3) is 0.640. The topological polar surface area (TPSA) is 740 Å². The first kappa shape index (κ1) is 113. The van der Waals surface area contributed by atoms with Gasteiger partial charge in [0, 0.05) is 106 Å². The summed E-state index contributed by atoms with van der Waals surface area (Å²) >= 11 is 3.81. The number of carbonyl (C=O) groups is 21. The maximum absolute atomic E-state index is 15.4. The summed E-state index contributed by atoms with van der Waals surface area (Å²) < 4.78 is 2.54. The second-order valence-corrected chi connectivity index (χ2v) is 37.8. The predicted octanol–water partition coefficient (Wildman–Crippen LogP) is -1.83. The Morgan fingerprint density at radius 1 is 0.630 bits per heavy atom. The number of thioether (sulfide) groups is 2. The molecule has 748 valence electrons. The van der Waals surface area contributed by atoms with Gasteiger partial charge in [-0.05, 0) is 124 Å². The SMILES string of the molecule is CC[C@H](C)[C@@H]1NC(=O)[C@H](CCC(=O)O)NC(=O)[C@@H]2CCCN2C(=O)[C@H](CC(N)=O)NC(=O)[C@H](CCC(=O)O)CC(=O)[C@@H](NC(C)=O)CSc2c3ccsc3cn2CCCC[C@@H](C(=O)N[C@@H](CCC(N)=O)C(=O)NC(CCCNC(=N)N)C(=O)N[C@H](C(=O)N[C@@H](CCSC)C(N)=O)C(C)C)NC(=O)[C@H](C(C)C)CC(=O)[C@H](Cc2cnc[nH]2)NC(=O)[C@H](CC(=O)O)NC(=O)[C@H](CC(C)C)NC1=O. The van der Waals surface area contributed by atoms with Crippen molar-refractivity contribution in [3.05, 3.63) is 35.9 Å². The Labute approximate surface area is 793 Å². The average Bonchev–Trinajstić information content (AvgIpc) is 1.65. The number of hydrogen-bond acceptors (Lipinski definition) is 26. The third-order valence-electron chi connectivity index (χ3n) is 22.9. The number of hydrogen-bond donors (Lipinski definition) is 22. The second-order valence-electron chi connectivity index (χ2n) is 34.8. The molecule has 0 aliphatic carbocycles. The molecule has 0 radical (unpaired) electrons. The lowest BCUT2D eigenvalue weighted by Gasteiger charge is -2.31. The van der Waals surface area contributed by atoms with Gasteiger partial charge in [0.1, 0.15) is 66.5 Å². The highest BCUT2D eigenvalue weighted by molar-refractivity contribution is 7.99. The van der Waals surface area contributed by atoms with E-state index in [0.717, 1.165) is 28.3 Å². The summed E-state index contributed by atoms with van der Waals surface area (Å²) in [5, 5.41) is 74.3. The number of nitrogens with one attached hydrogen (secondary N) is 15. The largest absolute Gasteiger partial charge is 0.481 e. The van der Waals surface area contributed by atoms with Crippen LogP contribution in [0.15, 0.2) is 35.2 Å². The average molecular weight is 1950 g/mol. The first-order chi connectivity index (χ1) is 63.6. The number of imidazole rings is 1.